The molecule has 0 amide bonds. The van der Waals surface area contributed by atoms with E-state index in [4.69, 9.17) is 4.99 Å². The molecule has 4 rings (SSSR count). The third-order valence-corrected chi connectivity index (χ3v) is 5.25. The van der Waals surface area contributed by atoms with Gasteiger partial charge in [-0.1, -0.05) is 58.4 Å². The summed E-state index contributed by atoms with van der Waals surface area (Å²) >= 11 is 3.46. The highest BCUT2D eigenvalue weighted by Crippen LogP contribution is 2.34. The van der Waals surface area contributed by atoms with Gasteiger partial charge >= 0.3 is 0 Å². The molecule has 1 heterocycles. The van der Waals surface area contributed by atoms with E-state index >= 15 is 0 Å². The van der Waals surface area contributed by atoms with E-state index in [1.807, 2.05) is 42.5 Å². The molecule has 1 aliphatic rings. The first-order valence-electron chi connectivity index (χ1n) is 8.72. The summed E-state index contributed by atoms with van der Waals surface area (Å²) in [5.41, 5.74) is 3.69. The number of phenols is 1. The van der Waals surface area contributed by atoms with Crippen LogP contribution in [-0.4, -0.2) is 10.8 Å². The highest BCUT2D eigenvalue weighted by molar-refractivity contribution is 9.10. The van der Waals surface area contributed by atoms with Gasteiger partial charge in [0.2, 0.25) is 0 Å². The molecule has 3 aromatic carbocycles. The molecule has 3 nitrogen and oxygen atoms in total. The second-order valence-electron chi connectivity index (χ2n) is 6.52. The van der Waals surface area contributed by atoms with Crippen LogP contribution in [-0.2, 0) is 0 Å². The minimum atomic E-state index is -0.317. The maximum atomic E-state index is 13.3. The van der Waals surface area contributed by atoms with Crippen LogP contribution in [0.4, 0.5) is 4.39 Å². The molecule has 0 bridgehead atoms. The van der Waals surface area contributed by atoms with Gasteiger partial charge < -0.3 is 5.11 Å². The summed E-state index contributed by atoms with van der Waals surface area (Å²) < 4.78 is 14.3. The molecule has 3 aromatic rings. The number of nitrogens with one attached hydrogen (secondary N) is 1. The molecule has 0 aromatic heterocycles. The van der Waals surface area contributed by atoms with E-state index in [2.05, 4.69) is 21.2 Å². The Hall–Kier alpha value is -2.50. The first-order chi connectivity index (χ1) is 13.1. The first-order valence-corrected chi connectivity index (χ1v) is 9.51. The molecule has 0 unspecified atom stereocenters. The predicted molar refractivity (Wildman–Crippen MR) is 108 cm³/mol. The molecule has 0 fully saturated rings. The minimum Gasteiger partial charge on any atom is -0.508 e. The van der Waals surface area contributed by atoms with Crippen molar-refractivity contribution in [3.05, 3.63) is 99.8 Å². The van der Waals surface area contributed by atoms with Crippen LogP contribution in [0.5, 0.6) is 5.75 Å². The fourth-order valence-electron chi connectivity index (χ4n) is 3.32. The Balaban J connectivity index is 1.75. The molecule has 0 aliphatic carbocycles. The Morgan fingerprint density at radius 3 is 2.37 bits per heavy atom. The number of aliphatic imine (C=N–C) groups is 1. The third kappa shape index (κ3) is 3.94. The van der Waals surface area contributed by atoms with Crippen molar-refractivity contribution in [3.63, 3.8) is 0 Å². The zero-order chi connectivity index (χ0) is 18.8. The van der Waals surface area contributed by atoms with Gasteiger partial charge in [-0.3, -0.25) is 10.3 Å². The van der Waals surface area contributed by atoms with Crippen molar-refractivity contribution in [3.8, 4) is 5.75 Å². The summed E-state index contributed by atoms with van der Waals surface area (Å²) in [6.07, 6.45) is 0.333. The number of benzene rings is 3. The summed E-state index contributed by atoms with van der Waals surface area (Å²) in [5.74, 6) is -0.0196. The van der Waals surface area contributed by atoms with Crippen LogP contribution in [0.25, 0.3) is 0 Å². The molecule has 1 aliphatic heterocycles. The summed E-state index contributed by atoms with van der Waals surface area (Å²) in [5, 5.41) is 13.8. The molecule has 0 saturated carbocycles. The molecule has 5 heteroatoms. The monoisotopic (exact) mass is 424 g/mol. The molecule has 0 spiro atoms. The average molecular weight is 425 g/mol. The van der Waals surface area contributed by atoms with Gasteiger partial charge in [0.05, 0.1) is 0 Å². The molecule has 136 valence electrons. The van der Waals surface area contributed by atoms with Crippen molar-refractivity contribution in [2.75, 3.05) is 0 Å². The van der Waals surface area contributed by atoms with Gasteiger partial charge in [-0.05, 0) is 41.5 Å². The average Bonchev–Trinajstić information content (AvgIpc) is 2.69. The highest BCUT2D eigenvalue weighted by Gasteiger charge is 2.27. The van der Waals surface area contributed by atoms with E-state index in [1.165, 1.54) is 12.1 Å². The van der Waals surface area contributed by atoms with Gasteiger partial charge in [-0.15, -0.1) is 0 Å². The predicted octanol–water partition coefficient (Wildman–Crippen LogP) is 5.52. The Labute approximate surface area is 165 Å². The lowest BCUT2D eigenvalue weighted by Gasteiger charge is -2.31. The first kappa shape index (κ1) is 17.9. The van der Waals surface area contributed by atoms with Crippen LogP contribution < -0.4 is 5.32 Å². The molecule has 27 heavy (non-hydrogen) atoms. The van der Waals surface area contributed by atoms with Crippen molar-refractivity contribution in [1.82, 2.24) is 5.32 Å². The van der Waals surface area contributed by atoms with Crippen molar-refractivity contribution in [2.45, 2.75) is 18.6 Å². The number of rotatable bonds is 3. The Morgan fingerprint density at radius 1 is 0.963 bits per heavy atom. The van der Waals surface area contributed by atoms with Crippen LogP contribution in [0, 0.1) is 5.82 Å². The van der Waals surface area contributed by atoms with E-state index < -0.39 is 0 Å². The summed E-state index contributed by atoms with van der Waals surface area (Å²) in [7, 11) is 0. The van der Waals surface area contributed by atoms with Gasteiger partial charge in [0.25, 0.3) is 0 Å². The zero-order valence-corrected chi connectivity index (χ0v) is 16.0. The lowest BCUT2D eigenvalue weighted by Crippen LogP contribution is -2.33. The number of aromatic hydroxyl groups is 1. The van der Waals surface area contributed by atoms with E-state index in [1.54, 1.807) is 18.2 Å². The number of phenolic OH excluding ortho intramolecular Hbond substituents is 1. The second-order valence-corrected chi connectivity index (χ2v) is 7.43. The maximum Gasteiger partial charge on any atom is 0.126 e. The molecule has 2 N–H and O–H groups in total. The molecular formula is C22H18BrFN2O. The van der Waals surface area contributed by atoms with Crippen LogP contribution in [0.2, 0.25) is 0 Å². The largest absolute Gasteiger partial charge is 0.508 e. The van der Waals surface area contributed by atoms with Crippen LogP contribution in [0.1, 0.15) is 35.3 Å². The topological polar surface area (TPSA) is 44.6 Å². The Kier molecular flexibility index (Phi) is 5.05. The number of hydrogen-bond donors (Lipinski definition) is 2. The van der Waals surface area contributed by atoms with Gasteiger partial charge in [-0.2, -0.15) is 0 Å². The van der Waals surface area contributed by atoms with E-state index in [-0.39, 0.29) is 23.8 Å². The molecule has 2 atom stereocenters. The van der Waals surface area contributed by atoms with E-state index in [0.717, 1.165) is 26.9 Å². The quantitative estimate of drug-likeness (QED) is 0.581. The van der Waals surface area contributed by atoms with Crippen molar-refractivity contribution in [1.29, 1.82) is 0 Å². The normalized spacial score (nSPS) is 19.6. The lowest BCUT2D eigenvalue weighted by atomic mass is 9.93. The van der Waals surface area contributed by atoms with Crippen molar-refractivity contribution in [2.24, 2.45) is 4.99 Å². The molecule has 0 radical (unpaired) electrons. The van der Waals surface area contributed by atoms with Gasteiger partial charge in [-0.25, -0.2) is 4.39 Å². The fourth-order valence-corrected chi connectivity index (χ4v) is 3.59. The van der Waals surface area contributed by atoms with Crippen LogP contribution >= 0.6 is 15.9 Å². The second kappa shape index (κ2) is 7.62. The van der Waals surface area contributed by atoms with Crippen molar-refractivity contribution < 1.29 is 9.50 Å². The fraction of sp³-hybridized carbons (Fsp3) is 0.136. The Morgan fingerprint density at radius 2 is 1.67 bits per heavy atom. The number of para-hydroxylation sites is 1. The van der Waals surface area contributed by atoms with Crippen LogP contribution in [0.3, 0.4) is 0 Å². The third-order valence-electron chi connectivity index (χ3n) is 4.72. The Bertz CT molecular complexity index is 970. The minimum absolute atomic E-state index is 0.0996. The molecular weight excluding hydrogens is 407 g/mol. The highest BCUT2D eigenvalue weighted by atomic mass is 79.9. The van der Waals surface area contributed by atoms with E-state index in [9.17, 15) is 9.50 Å². The standard InChI is InChI=1S/C22H18BrFN2O/c23-16-9-5-14(6-10-16)19-13-20(18-3-1-2-4-21(18)27)26-22(25-19)15-7-11-17(24)12-8-15/h1-12,20,22,26-27H,13H2/t20-,22-/m1/s1. The van der Waals surface area contributed by atoms with Gasteiger partial charge in [0.1, 0.15) is 17.7 Å². The lowest BCUT2D eigenvalue weighted by molar-refractivity contribution is 0.412. The van der Waals surface area contributed by atoms with Crippen LogP contribution in [0.15, 0.2) is 82.3 Å². The van der Waals surface area contributed by atoms with Gasteiger partial charge in [0, 0.05) is 28.2 Å². The number of nitrogens with zero attached hydrogens (tertiary/aromatic N) is 1. The summed E-state index contributed by atoms with van der Waals surface area (Å²) in [6, 6.07) is 21.6. The smallest absolute Gasteiger partial charge is 0.126 e. The molecule has 0 saturated heterocycles. The maximum absolute atomic E-state index is 13.3. The summed E-state index contributed by atoms with van der Waals surface area (Å²) in [6.45, 7) is 0. The SMILES string of the molecule is Oc1ccccc1[C@H]1CC(c2ccc(Br)cc2)=N[C@@H](c2ccc(F)cc2)N1. The summed E-state index contributed by atoms with van der Waals surface area (Å²) in [4.78, 5) is 4.87. The van der Waals surface area contributed by atoms with Gasteiger partial charge in [0.15, 0.2) is 0 Å². The zero-order valence-electron chi connectivity index (χ0n) is 14.4. The number of hydrogen-bond acceptors (Lipinski definition) is 3. The van der Waals surface area contributed by atoms with E-state index in [0.29, 0.717) is 6.42 Å². The number of halogens is 2. The van der Waals surface area contributed by atoms with Crippen molar-refractivity contribution >= 4 is 21.6 Å².